The van der Waals surface area contributed by atoms with Crippen LogP contribution < -0.4 is 5.32 Å². The van der Waals surface area contributed by atoms with Gasteiger partial charge in [0.2, 0.25) is 11.8 Å². The third-order valence-corrected chi connectivity index (χ3v) is 3.00. The molecule has 0 radical (unpaired) electrons. The van der Waals surface area contributed by atoms with Crippen molar-refractivity contribution in [2.24, 2.45) is 5.92 Å². The fourth-order valence-corrected chi connectivity index (χ4v) is 1.94. The minimum absolute atomic E-state index is 0.0192. The second-order valence-corrected chi connectivity index (χ2v) is 4.58. The number of hydrogen-bond acceptors (Lipinski definition) is 3. The van der Waals surface area contributed by atoms with Crippen molar-refractivity contribution in [2.45, 2.75) is 33.2 Å². The van der Waals surface area contributed by atoms with Gasteiger partial charge in [0.25, 0.3) is 0 Å². The van der Waals surface area contributed by atoms with Gasteiger partial charge < -0.3 is 15.0 Å². The minimum atomic E-state index is -0.0558. The van der Waals surface area contributed by atoms with Crippen LogP contribution in [0.5, 0.6) is 0 Å². The SMILES string of the molecule is CCOCC(C(C)C)N1CCC(=O)NCC1=O. The van der Waals surface area contributed by atoms with Gasteiger partial charge in [-0.1, -0.05) is 13.8 Å². The molecule has 98 valence electrons. The molecule has 0 aromatic heterocycles. The van der Waals surface area contributed by atoms with Gasteiger partial charge >= 0.3 is 0 Å². The molecule has 0 aliphatic carbocycles. The Labute approximate surface area is 102 Å². The highest BCUT2D eigenvalue weighted by molar-refractivity contribution is 5.87. The summed E-state index contributed by atoms with van der Waals surface area (Å²) >= 11 is 0. The van der Waals surface area contributed by atoms with Gasteiger partial charge in [-0.25, -0.2) is 0 Å². The second-order valence-electron chi connectivity index (χ2n) is 4.58. The summed E-state index contributed by atoms with van der Waals surface area (Å²) in [6.07, 6.45) is 0.376. The lowest BCUT2D eigenvalue weighted by Gasteiger charge is -2.33. The molecule has 1 unspecified atom stereocenters. The summed E-state index contributed by atoms with van der Waals surface area (Å²) in [5.74, 6) is 0.243. The van der Waals surface area contributed by atoms with Crippen LogP contribution in [0.1, 0.15) is 27.2 Å². The lowest BCUT2D eigenvalue weighted by atomic mass is 10.0. The van der Waals surface area contributed by atoms with E-state index >= 15 is 0 Å². The van der Waals surface area contributed by atoms with Crippen molar-refractivity contribution in [3.63, 3.8) is 0 Å². The van der Waals surface area contributed by atoms with E-state index in [9.17, 15) is 9.59 Å². The average molecular weight is 242 g/mol. The molecule has 1 rings (SSSR count). The molecule has 1 N–H and O–H groups in total. The summed E-state index contributed by atoms with van der Waals surface area (Å²) in [6, 6.07) is 0.0511. The lowest BCUT2D eigenvalue weighted by Crippen LogP contribution is -2.47. The molecule has 0 spiro atoms. The lowest BCUT2D eigenvalue weighted by molar-refractivity contribution is -0.134. The zero-order valence-corrected chi connectivity index (χ0v) is 10.9. The number of rotatable bonds is 5. The summed E-state index contributed by atoms with van der Waals surface area (Å²) in [6.45, 7) is 7.84. The summed E-state index contributed by atoms with van der Waals surface area (Å²) in [4.78, 5) is 25.0. The van der Waals surface area contributed by atoms with Crippen molar-refractivity contribution in [2.75, 3.05) is 26.3 Å². The molecule has 17 heavy (non-hydrogen) atoms. The van der Waals surface area contributed by atoms with Gasteiger partial charge in [-0.15, -0.1) is 0 Å². The number of carbonyl (C=O) groups is 2. The van der Waals surface area contributed by atoms with E-state index < -0.39 is 0 Å². The molecule has 1 aliphatic rings. The Morgan fingerprint density at radius 3 is 2.71 bits per heavy atom. The Morgan fingerprint density at radius 1 is 1.41 bits per heavy atom. The summed E-state index contributed by atoms with van der Waals surface area (Å²) in [5, 5.41) is 2.60. The zero-order chi connectivity index (χ0) is 12.8. The van der Waals surface area contributed by atoms with Crippen LogP contribution >= 0.6 is 0 Å². The quantitative estimate of drug-likeness (QED) is 0.759. The van der Waals surface area contributed by atoms with Crippen LogP contribution in [0.25, 0.3) is 0 Å². The first-order valence-electron chi connectivity index (χ1n) is 6.20. The predicted molar refractivity (Wildman–Crippen MR) is 64.5 cm³/mol. The largest absolute Gasteiger partial charge is 0.380 e. The summed E-state index contributed by atoms with van der Waals surface area (Å²) < 4.78 is 5.43. The number of amides is 2. The fourth-order valence-electron chi connectivity index (χ4n) is 1.94. The van der Waals surface area contributed by atoms with E-state index in [1.54, 1.807) is 4.90 Å². The molecule has 5 heteroatoms. The molecule has 0 saturated carbocycles. The van der Waals surface area contributed by atoms with Crippen molar-refractivity contribution in [1.82, 2.24) is 10.2 Å². The molecule has 2 amide bonds. The van der Waals surface area contributed by atoms with Crippen LogP contribution in [0.3, 0.4) is 0 Å². The highest BCUT2D eigenvalue weighted by Crippen LogP contribution is 2.14. The normalized spacial score (nSPS) is 19.2. The third kappa shape index (κ3) is 4.00. The Bertz CT molecular complexity index is 279. The van der Waals surface area contributed by atoms with E-state index in [0.29, 0.717) is 32.1 Å². The fraction of sp³-hybridized carbons (Fsp3) is 0.833. The molecular weight excluding hydrogens is 220 g/mol. The first kappa shape index (κ1) is 14.0. The van der Waals surface area contributed by atoms with Crippen LogP contribution in [-0.4, -0.2) is 49.1 Å². The highest BCUT2D eigenvalue weighted by atomic mass is 16.5. The predicted octanol–water partition coefficient (Wildman–Crippen LogP) is 0.396. The highest BCUT2D eigenvalue weighted by Gasteiger charge is 2.28. The Morgan fingerprint density at radius 2 is 2.12 bits per heavy atom. The Hall–Kier alpha value is -1.10. The number of hydrogen-bond donors (Lipinski definition) is 1. The molecular formula is C12H22N2O3. The van der Waals surface area contributed by atoms with Crippen molar-refractivity contribution in [3.8, 4) is 0 Å². The number of nitrogens with zero attached hydrogens (tertiary/aromatic N) is 1. The average Bonchev–Trinajstić information content (AvgIpc) is 2.44. The van der Waals surface area contributed by atoms with Gasteiger partial charge in [-0.2, -0.15) is 0 Å². The molecule has 1 fully saturated rings. The van der Waals surface area contributed by atoms with Crippen LogP contribution in [-0.2, 0) is 14.3 Å². The van der Waals surface area contributed by atoms with Crippen LogP contribution in [0.2, 0.25) is 0 Å². The van der Waals surface area contributed by atoms with E-state index in [1.807, 2.05) is 6.92 Å². The van der Waals surface area contributed by atoms with Gasteiger partial charge in [-0.05, 0) is 12.8 Å². The van der Waals surface area contributed by atoms with E-state index in [0.717, 1.165) is 0 Å². The molecule has 0 bridgehead atoms. The Balaban J connectivity index is 2.69. The number of carbonyl (C=O) groups excluding carboxylic acids is 2. The standard InChI is InChI=1S/C12H22N2O3/c1-4-17-8-10(9(2)3)14-6-5-11(15)13-7-12(14)16/h9-10H,4-8H2,1-3H3,(H,13,15). The van der Waals surface area contributed by atoms with Crippen molar-refractivity contribution in [3.05, 3.63) is 0 Å². The second kappa shape index (κ2) is 6.59. The van der Waals surface area contributed by atoms with Gasteiger partial charge in [0, 0.05) is 19.6 Å². The van der Waals surface area contributed by atoms with Crippen LogP contribution in [0.15, 0.2) is 0 Å². The molecule has 1 heterocycles. The van der Waals surface area contributed by atoms with E-state index in [2.05, 4.69) is 19.2 Å². The Kier molecular flexibility index (Phi) is 5.41. The smallest absolute Gasteiger partial charge is 0.242 e. The first-order valence-corrected chi connectivity index (χ1v) is 6.20. The van der Waals surface area contributed by atoms with Gasteiger partial charge in [0.15, 0.2) is 0 Å². The van der Waals surface area contributed by atoms with Gasteiger partial charge in [0.1, 0.15) is 0 Å². The van der Waals surface area contributed by atoms with Crippen molar-refractivity contribution < 1.29 is 14.3 Å². The zero-order valence-electron chi connectivity index (χ0n) is 10.9. The summed E-state index contributed by atoms with van der Waals surface area (Å²) in [5.41, 5.74) is 0. The van der Waals surface area contributed by atoms with Crippen molar-refractivity contribution in [1.29, 1.82) is 0 Å². The van der Waals surface area contributed by atoms with Gasteiger partial charge in [0.05, 0.1) is 19.2 Å². The summed E-state index contributed by atoms with van der Waals surface area (Å²) in [7, 11) is 0. The van der Waals surface area contributed by atoms with Crippen molar-refractivity contribution >= 4 is 11.8 Å². The molecule has 5 nitrogen and oxygen atoms in total. The molecule has 1 aliphatic heterocycles. The third-order valence-electron chi connectivity index (χ3n) is 3.00. The number of ether oxygens (including phenoxy) is 1. The molecule has 1 atom stereocenters. The molecule has 0 aromatic rings. The van der Waals surface area contributed by atoms with Gasteiger partial charge in [-0.3, -0.25) is 9.59 Å². The van der Waals surface area contributed by atoms with E-state index in [1.165, 1.54) is 0 Å². The number of nitrogens with one attached hydrogen (secondary N) is 1. The van der Waals surface area contributed by atoms with E-state index in [4.69, 9.17) is 4.74 Å². The molecule has 1 saturated heterocycles. The topological polar surface area (TPSA) is 58.6 Å². The maximum Gasteiger partial charge on any atom is 0.242 e. The van der Waals surface area contributed by atoms with Crippen LogP contribution in [0.4, 0.5) is 0 Å². The molecule has 0 aromatic carbocycles. The van der Waals surface area contributed by atoms with Crippen LogP contribution in [0, 0.1) is 5.92 Å². The minimum Gasteiger partial charge on any atom is -0.380 e. The first-order chi connectivity index (χ1) is 8.06. The maximum absolute atomic E-state index is 11.9. The van der Waals surface area contributed by atoms with E-state index in [-0.39, 0.29) is 24.4 Å². The monoisotopic (exact) mass is 242 g/mol. The maximum atomic E-state index is 11.9.